The van der Waals surface area contributed by atoms with Gasteiger partial charge >= 0.3 is 12.1 Å². The maximum absolute atomic E-state index is 13.3. The third-order valence-corrected chi connectivity index (χ3v) is 6.92. The molecule has 2 rings (SSSR count). The number of unbranched alkanes of at least 4 members (excludes halogenated alkanes) is 1. The Balaban J connectivity index is 1.98. The predicted octanol–water partition coefficient (Wildman–Crippen LogP) is 4.57. The van der Waals surface area contributed by atoms with Gasteiger partial charge in [-0.3, -0.25) is 4.79 Å². The highest BCUT2D eigenvalue weighted by Crippen LogP contribution is 2.48. The van der Waals surface area contributed by atoms with Gasteiger partial charge in [-0.05, 0) is 55.8 Å². The van der Waals surface area contributed by atoms with Gasteiger partial charge in [0.05, 0.1) is 24.2 Å². The molecule has 0 spiro atoms. The summed E-state index contributed by atoms with van der Waals surface area (Å²) in [7, 11) is 0. The van der Waals surface area contributed by atoms with E-state index < -0.39 is 24.2 Å². The molecule has 180 valence electrons. The summed E-state index contributed by atoms with van der Waals surface area (Å²) in [5.74, 6) is -2.67. The number of ether oxygens (including phenoxy) is 1. The zero-order valence-corrected chi connectivity index (χ0v) is 18.4. The van der Waals surface area contributed by atoms with Crippen molar-refractivity contribution in [3.05, 3.63) is 12.2 Å². The van der Waals surface area contributed by atoms with Gasteiger partial charge in [-0.2, -0.15) is 13.2 Å². The SMILES string of the molecule is CCCC[C@H]([C@H](O)/C=C/[C@H]1[C@H](CO)C[C@@H]2O[C@@H](CCC(C)CC(=O)O)C[C@H]12)C(F)(F)F. The van der Waals surface area contributed by atoms with Crippen LogP contribution < -0.4 is 0 Å². The molecule has 2 fully saturated rings. The molecule has 8 heteroatoms. The predicted molar refractivity (Wildman–Crippen MR) is 110 cm³/mol. The van der Waals surface area contributed by atoms with Crippen LogP contribution in [0.2, 0.25) is 0 Å². The zero-order valence-electron chi connectivity index (χ0n) is 18.4. The van der Waals surface area contributed by atoms with Crippen molar-refractivity contribution < 1.29 is 38.0 Å². The van der Waals surface area contributed by atoms with Gasteiger partial charge in [0, 0.05) is 13.0 Å². The maximum Gasteiger partial charge on any atom is 0.394 e. The number of aliphatic carboxylic acids is 1. The monoisotopic (exact) mass is 450 g/mol. The highest BCUT2D eigenvalue weighted by Gasteiger charge is 2.48. The Bertz CT molecular complexity index is 594. The number of aliphatic hydroxyl groups excluding tert-OH is 2. The summed E-state index contributed by atoms with van der Waals surface area (Å²) in [6.07, 6.45) is 0.746. The first-order chi connectivity index (χ1) is 14.6. The van der Waals surface area contributed by atoms with Gasteiger partial charge in [0.1, 0.15) is 0 Å². The summed E-state index contributed by atoms with van der Waals surface area (Å²) < 4.78 is 46.2. The maximum atomic E-state index is 13.3. The number of halogens is 3. The van der Waals surface area contributed by atoms with Gasteiger partial charge < -0.3 is 20.1 Å². The molecule has 1 heterocycles. The number of hydrogen-bond acceptors (Lipinski definition) is 4. The van der Waals surface area contributed by atoms with E-state index in [-0.39, 0.29) is 55.3 Å². The molecular weight excluding hydrogens is 413 g/mol. The van der Waals surface area contributed by atoms with E-state index in [1.165, 1.54) is 6.08 Å². The zero-order chi connectivity index (χ0) is 23.2. The first-order valence-electron chi connectivity index (χ1n) is 11.5. The van der Waals surface area contributed by atoms with Gasteiger partial charge in [0.15, 0.2) is 0 Å². The minimum atomic E-state index is -4.46. The van der Waals surface area contributed by atoms with Crippen molar-refractivity contribution in [3.63, 3.8) is 0 Å². The van der Waals surface area contributed by atoms with Gasteiger partial charge in [0.25, 0.3) is 0 Å². The standard InChI is InChI=1S/C23H37F3O5/c1-3-4-5-19(23(24,25)26)20(28)9-8-17-15(13-27)11-21-18(17)12-16(31-21)7-6-14(2)10-22(29)30/h8-9,14-21,27-28H,3-7,10-13H2,1-2H3,(H,29,30)/b9-8+/t14?,15-,16-,17-,18+,19+,20+,21-/m0/s1. The molecule has 3 N–H and O–H groups in total. The van der Waals surface area contributed by atoms with E-state index in [1.54, 1.807) is 6.08 Å². The van der Waals surface area contributed by atoms with Crippen LogP contribution in [0.1, 0.15) is 65.2 Å². The van der Waals surface area contributed by atoms with Crippen molar-refractivity contribution in [1.82, 2.24) is 0 Å². The van der Waals surface area contributed by atoms with Crippen LogP contribution >= 0.6 is 0 Å². The second-order valence-electron chi connectivity index (χ2n) is 9.40. The quantitative estimate of drug-likeness (QED) is 0.379. The minimum absolute atomic E-state index is 0.000751. The Morgan fingerprint density at radius 3 is 2.55 bits per heavy atom. The van der Waals surface area contributed by atoms with Crippen LogP contribution in [0.3, 0.4) is 0 Å². The Morgan fingerprint density at radius 1 is 1.26 bits per heavy atom. The van der Waals surface area contributed by atoms with Crippen LogP contribution in [-0.2, 0) is 9.53 Å². The average molecular weight is 451 g/mol. The molecule has 1 saturated heterocycles. The highest BCUT2D eigenvalue weighted by atomic mass is 19.4. The molecule has 1 aliphatic heterocycles. The first kappa shape index (κ1) is 26.1. The van der Waals surface area contributed by atoms with E-state index in [0.717, 1.165) is 19.3 Å². The molecule has 1 unspecified atom stereocenters. The normalized spacial score (nSPS) is 31.6. The third kappa shape index (κ3) is 7.46. The van der Waals surface area contributed by atoms with Crippen molar-refractivity contribution >= 4 is 5.97 Å². The van der Waals surface area contributed by atoms with Crippen LogP contribution in [0, 0.1) is 29.6 Å². The van der Waals surface area contributed by atoms with E-state index in [1.807, 2.05) is 13.8 Å². The van der Waals surface area contributed by atoms with Crippen molar-refractivity contribution in [1.29, 1.82) is 0 Å². The number of carboxylic acid groups (broad SMARTS) is 1. The number of hydrogen-bond donors (Lipinski definition) is 3. The molecule has 8 atom stereocenters. The Kier molecular flexibility index (Phi) is 9.83. The molecular formula is C23H37F3O5. The van der Waals surface area contributed by atoms with Gasteiger partial charge in [0.2, 0.25) is 0 Å². The summed E-state index contributed by atoms with van der Waals surface area (Å²) in [4.78, 5) is 10.8. The Hall–Kier alpha value is -1.12. The lowest BCUT2D eigenvalue weighted by Crippen LogP contribution is -2.33. The Morgan fingerprint density at radius 2 is 1.97 bits per heavy atom. The van der Waals surface area contributed by atoms with Crippen molar-refractivity contribution in [2.24, 2.45) is 29.6 Å². The minimum Gasteiger partial charge on any atom is -0.481 e. The van der Waals surface area contributed by atoms with Gasteiger partial charge in [-0.15, -0.1) is 0 Å². The average Bonchev–Trinajstić information content (AvgIpc) is 3.20. The fraction of sp³-hybridized carbons (Fsp3) is 0.870. The third-order valence-electron chi connectivity index (χ3n) is 6.92. The summed E-state index contributed by atoms with van der Waals surface area (Å²) in [5.41, 5.74) is 0. The Labute approximate surface area is 182 Å². The molecule has 2 aliphatic rings. The van der Waals surface area contributed by atoms with Crippen LogP contribution in [-0.4, -0.2) is 52.4 Å². The molecule has 31 heavy (non-hydrogen) atoms. The van der Waals surface area contributed by atoms with E-state index >= 15 is 0 Å². The summed E-state index contributed by atoms with van der Waals surface area (Å²) in [5, 5.41) is 28.9. The lowest BCUT2D eigenvalue weighted by Gasteiger charge is -2.25. The number of alkyl halides is 3. The van der Waals surface area contributed by atoms with E-state index in [4.69, 9.17) is 9.84 Å². The number of rotatable bonds is 12. The number of allylic oxidation sites excluding steroid dienone is 1. The number of carbonyl (C=O) groups is 1. The fourth-order valence-electron chi connectivity index (χ4n) is 5.18. The van der Waals surface area contributed by atoms with Crippen LogP contribution in [0.25, 0.3) is 0 Å². The van der Waals surface area contributed by atoms with Gasteiger partial charge in [-0.1, -0.05) is 38.8 Å². The van der Waals surface area contributed by atoms with Crippen molar-refractivity contribution in [2.45, 2.75) is 89.7 Å². The number of aliphatic hydroxyl groups is 2. The van der Waals surface area contributed by atoms with Crippen molar-refractivity contribution in [2.75, 3.05) is 6.61 Å². The van der Waals surface area contributed by atoms with Crippen LogP contribution in [0.5, 0.6) is 0 Å². The molecule has 0 aromatic heterocycles. The van der Waals surface area contributed by atoms with E-state index in [2.05, 4.69) is 0 Å². The molecule has 5 nitrogen and oxygen atoms in total. The summed E-state index contributed by atoms with van der Waals surface area (Å²) >= 11 is 0. The van der Waals surface area contributed by atoms with E-state index in [0.29, 0.717) is 19.3 Å². The highest BCUT2D eigenvalue weighted by molar-refractivity contribution is 5.66. The summed E-state index contributed by atoms with van der Waals surface area (Å²) in [6.45, 7) is 3.65. The fourth-order valence-corrected chi connectivity index (χ4v) is 5.18. The molecule has 0 radical (unpaired) electrons. The number of carboxylic acids is 1. The summed E-state index contributed by atoms with van der Waals surface area (Å²) in [6, 6.07) is 0. The molecule has 0 amide bonds. The second-order valence-corrected chi connectivity index (χ2v) is 9.40. The molecule has 0 aromatic carbocycles. The smallest absolute Gasteiger partial charge is 0.394 e. The molecule has 1 aliphatic carbocycles. The molecule has 0 bridgehead atoms. The van der Waals surface area contributed by atoms with Crippen LogP contribution in [0.15, 0.2) is 12.2 Å². The topological polar surface area (TPSA) is 87.0 Å². The van der Waals surface area contributed by atoms with Crippen molar-refractivity contribution in [3.8, 4) is 0 Å². The molecule has 0 aromatic rings. The van der Waals surface area contributed by atoms with Crippen LogP contribution in [0.4, 0.5) is 13.2 Å². The largest absolute Gasteiger partial charge is 0.481 e. The van der Waals surface area contributed by atoms with E-state index in [9.17, 15) is 28.2 Å². The van der Waals surface area contributed by atoms with Gasteiger partial charge in [-0.25, -0.2) is 0 Å². The first-order valence-corrected chi connectivity index (χ1v) is 11.5. The number of fused-ring (bicyclic) bond motifs is 1. The lowest BCUT2D eigenvalue weighted by atomic mass is 9.84. The second kappa shape index (κ2) is 11.7. The lowest BCUT2D eigenvalue weighted by molar-refractivity contribution is -0.195. The molecule has 1 saturated carbocycles.